The van der Waals surface area contributed by atoms with Gasteiger partial charge in [0.2, 0.25) is 0 Å². The molecule has 1 aromatic carbocycles. The van der Waals surface area contributed by atoms with Gasteiger partial charge in [0.05, 0.1) is 7.11 Å². The van der Waals surface area contributed by atoms with Crippen molar-refractivity contribution < 1.29 is 32.1 Å². The van der Waals surface area contributed by atoms with Crippen LogP contribution in [-0.4, -0.2) is 31.8 Å². The largest absolute Gasteiger partial charge is 0.465 e. The molecule has 2 N–H and O–H groups in total. The lowest BCUT2D eigenvalue weighted by atomic mass is 9.55. The Morgan fingerprint density at radius 1 is 1.24 bits per heavy atom. The van der Waals surface area contributed by atoms with E-state index in [2.05, 4.69) is 6.92 Å². The number of hydrogen-bond acceptors (Lipinski definition) is 6. The molecule has 9 heteroatoms. The first-order valence-electron chi connectivity index (χ1n) is 9.83. The highest BCUT2D eigenvalue weighted by Crippen LogP contribution is 2.59. The molecule has 2 fully saturated rings. The summed E-state index contributed by atoms with van der Waals surface area (Å²) in [6, 6.07) is 3.36. The van der Waals surface area contributed by atoms with Gasteiger partial charge in [0.15, 0.2) is 5.75 Å². The third-order valence-electron chi connectivity index (χ3n) is 7.20. The van der Waals surface area contributed by atoms with E-state index in [0.717, 1.165) is 43.2 Å². The van der Waals surface area contributed by atoms with E-state index >= 15 is 0 Å². The second-order valence-electron chi connectivity index (χ2n) is 8.53. The molecule has 29 heavy (non-hydrogen) atoms. The zero-order chi connectivity index (χ0) is 21.0. The first kappa shape index (κ1) is 20.3. The number of rotatable bonds is 4. The molecule has 1 aromatic rings. The molecular formula is C20H25NO7S. The molecule has 0 heterocycles. The number of ketones is 1. The lowest BCUT2D eigenvalue weighted by Crippen LogP contribution is -2.42. The number of aryl methyl sites for hydroxylation is 1. The molecule has 3 aliphatic rings. The second kappa shape index (κ2) is 7.07. The summed E-state index contributed by atoms with van der Waals surface area (Å²) in [4.78, 5) is 31.3. The molecule has 0 aliphatic heterocycles. The molecule has 0 radical (unpaired) electrons. The number of benzene rings is 1. The van der Waals surface area contributed by atoms with Crippen molar-refractivity contribution in [2.75, 3.05) is 7.11 Å². The third kappa shape index (κ3) is 3.45. The Morgan fingerprint density at radius 3 is 2.69 bits per heavy atom. The minimum absolute atomic E-state index is 0.0108. The van der Waals surface area contributed by atoms with Crippen LogP contribution in [-0.2, 0) is 26.3 Å². The van der Waals surface area contributed by atoms with Crippen LogP contribution in [0.15, 0.2) is 12.1 Å². The van der Waals surface area contributed by atoms with Crippen molar-refractivity contribution in [2.45, 2.75) is 51.4 Å². The number of carbonyl (C=O) groups is 2. The Balaban J connectivity index is 1.71. The van der Waals surface area contributed by atoms with Gasteiger partial charge < -0.3 is 9.57 Å². The molecule has 158 valence electrons. The standard InChI is InChI=1S/C20H25NO7S/c1-20-8-7-12-13(16(20)5-6-18(20)22)4-3-11-9-17(28-21-29(24,25)26)15(10-14(11)12)19(23)27-2/h9-10,12-13,16,21H,3-8H2,1-2H3,(H,24,25,26)/t12-,13+,16-,20-/m0/s1. The summed E-state index contributed by atoms with van der Waals surface area (Å²) in [5, 5.41) is 0. The number of hydrogen-bond donors (Lipinski definition) is 2. The van der Waals surface area contributed by atoms with E-state index in [1.165, 1.54) is 7.11 Å². The van der Waals surface area contributed by atoms with Gasteiger partial charge in [-0.1, -0.05) is 6.92 Å². The predicted molar refractivity (Wildman–Crippen MR) is 103 cm³/mol. The summed E-state index contributed by atoms with van der Waals surface area (Å²) in [6.45, 7) is 2.11. The van der Waals surface area contributed by atoms with Gasteiger partial charge in [0.25, 0.3) is 0 Å². The van der Waals surface area contributed by atoms with Crippen LogP contribution in [0.3, 0.4) is 0 Å². The van der Waals surface area contributed by atoms with Crippen molar-refractivity contribution in [3.05, 3.63) is 28.8 Å². The van der Waals surface area contributed by atoms with Gasteiger partial charge in [-0.15, -0.1) is 0 Å². The van der Waals surface area contributed by atoms with E-state index in [0.29, 0.717) is 24.0 Å². The van der Waals surface area contributed by atoms with Crippen molar-refractivity contribution in [1.82, 2.24) is 4.89 Å². The van der Waals surface area contributed by atoms with E-state index in [9.17, 15) is 18.0 Å². The molecule has 0 saturated heterocycles. The van der Waals surface area contributed by atoms with Crippen LogP contribution in [0.1, 0.15) is 66.4 Å². The second-order valence-corrected chi connectivity index (χ2v) is 9.65. The highest BCUT2D eigenvalue weighted by atomic mass is 32.2. The SMILES string of the molecule is COC(=O)c1cc2c(cc1ONS(=O)(=O)O)CC[C@@H]1[C@@H]2CC[C@]2(C)C(=O)CC[C@@H]12. The number of esters is 1. The summed E-state index contributed by atoms with van der Waals surface area (Å²) in [5.41, 5.74) is 1.90. The van der Waals surface area contributed by atoms with Crippen molar-refractivity contribution in [2.24, 2.45) is 17.3 Å². The maximum absolute atomic E-state index is 12.5. The van der Waals surface area contributed by atoms with Gasteiger partial charge >= 0.3 is 16.3 Å². The van der Waals surface area contributed by atoms with Gasteiger partial charge in [-0.05, 0) is 78.0 Å². The van der Waals surface area contributed by atoms with Gasteiger partial charge in [-0.25, -0.2) is 4.79 Å². The van der Waals surface area contributed by atoms with E-state index in [1.54, 1.807) is 17.0 Å². The van der Waals surface area contributed by atoms with Crippen LogP contribution < -0.4 is 9.72 Å². The van der Waals surface area contributed by atoms with E-state index in [4.69, 9.17) is 14.1 Å². The molecular weight excluding hydrogens is 398 g/mol. The fourth-order valence-corrected chi connectivity index (χ4v) is 6.02. The Morgan fingerprint density at radius 2 is 2.00 bits per heavy atom. The maximum atomic E-state index is 12.5. The fraction of sp³-hybridized carbons (Fsp3) is 0.600. The summed E-state index contributed by atoms with van der Waals surface area (Å²) in [6.07, 6.45) is 4.98. The van der Waals surface area contributed by atoms with Crippen molar-refractivity contribution in [1.29, 1.82) is 0 Å². The van der Waals surface area contributed by atoms with Crippen molar-refractivity contribution >= 4 is 22.1 Å². The quantitative estimate of drug-likeness (QED) is 0.434. The van der Waals surface area contributed by atoms with E-state index < -0.39 is 16.3 Å². The summed E-state index contributed by atoms with van der Waals surface area (Å²) in [5.74, 6) is 0.709. The zero-order valence-corrected chi connectivity index (χ0v) is 17.3. The predicted octanol–water partition coefficient (Wildman–Crippen LogP) is 2.58. The maximum Gasteiger partial charge on any atom is 0.364 e. The monoisotopic (exact) mass is 423 g/mol. The lowest BCUT2D eigenvalue weighted by Gasteiger charge is -2.48. The highest BCUT2D eigenvalue weighted by molar-refractivity contribution is 7.83. The highest BCUT2D eigenvalue weighted by Gasteiger charge is 2.54. The van der Waals surface area contributed by atoms with Crippen molar-refractivity contribution in [3.63, 3.8) is 0 Å². The average Bonchev–Trinajstić information content (AvgIpc) is 2.99. The molecule has 8 nitrogen and oxygen atoms in total. The average molecular weight is 423 g/mol. The van der Waals surface area contributed by atoms with Crippen LogP contribution in [0, 0.1) is 17.3 Å². The lowest BCUT2D eigenvalue weighted by molar-refractivity contribution is -0.129. The Hall–Kier alpha value is -1.97. The number of ether oxygens (including phenoxy) is 1. The van der Waals surface area contributed by atoms with Gasteiger partial charge in [-0.2, -0.15) is 8.42 Å². The number of nitrogens with one attached hydrogen (secondary N) is 1. The van der Waals surface area contributed by atoms with Crippen LogP contribution >= 0.6 is 0 Å². The Labute approximate surface area is 169 Å². The van der Waals surface area contributed by atoms with Gasteiger partial charge in [0.1, 0.15) is 11.3 Å². The van der Waals surface area contributed by atoms with Gasteiger partial charge in [0, 0.05) is 11.8 Å². The molecule has 0 bridgehead atoms. The van der Waals surface area contributed by atoms with Crippen LogP contribution in [0.2, 0.25) is 0 Å². The number of carbonyl (C=O) groups excluding carboxylic acids is 2. The first-order chi connectivity index (χ1) is 13.6. The third-order valence-corrected chi connectivity index (χ3v) is 7.49. The zero-order valence-electron chi connectivity index (χ0n) is 16.4. The molecule has 0 unspecified atom stereocenters. The molecule has 3 aliphatic carbocycles. The minimum Gasteiger partial charge on any atom is -0.465 e. The van der Waals surface area contributed by atoms with Crippen LogP contribution in [0.5, 0.6) is 5.75 Å². The Kier molecular flexibility index (Phi) is 4.95. The van der Waals surface area contributed by atoms with Crippen LogP contribution in [0.25, 0.3) is 0 Å². The van der Waals surface area contributed by atoms with Crippen LogP contribution in [0.4, 0.5) is 0 Å². The minimum atomic E-state index is -4.59. The van der Waals surface area contributed by atoms with Gasteiger partial charge in [-0.3, -0.25) is 9.35 Å². The smallest absolute Gasteiger partial charge is 0.364 e. The summed E-state index contributed by atoms with van der Waals surface area (Å²) < 4.78 is 35.7. The first-order valence-corrected chi connectivity index (χ1v) is 11.3. The molecule has 0 aromatic heterocycles. The summed E-state index contributed by atoms with van der Waals surface area (Å²) in [7, 11) is -3.35. The van der Waals surface area contributed by atoms with E-state index in [-0.39, 0.29) is 22.6 Å². The molecule has 0 amide bonds. The molecule has 4 rings (SSSR count). The molecule has 2 saturated carbocycles. The number of Topliss-reactive ketones (excluding diaryl/α,β-unsaturated/α-hetero) is 1. The number of methoxy groups -OCH3 is 1. The van der Waals surface area contributed by atoms with E-state index in [1.807, 2.05) is 0 Å². The molecule has 4 atom stereocenters. The normalized spacial score (nSPS) is 30.9. The van der Waals surface area contributed by atoms with Crippen molar-refractivity contribution in [3.8, 4) is 5.75 Å². The summed E-state index contributed by atoms with van der Waals surface area (Å²) >= 11 is 0. The number of fused-ring (bicyclic) bond motifs is 5. The topological polar surface area (TPSA) is 119 Å². The molecule has 0 spiro atoms. The fourth-order valence-electron chi connectivity index (χ4n) is 5.82. The Bertz CT molecular complexity index is 973.